The van der Waals surface area contributed by atoms with Crippen LogP contribution in [0, 0.1) is 103 Å². The molecule has 7 amide bonds. The fourth-order valence-corrected chi connectivity index (χ4v) is 21.4. The monoisotopic (exact) mass is 1780 g/mol. The average Bonchev–Trinajstić information content (AvgIpc) is 0.937. The van der Waals surface area contributed by atoms with Crippen molar-refractivity contribution in [3.05, 3.63) is 143 Å². The van der Waals surface area contributed by atoms with Gasteiger partial charge < -0.3 is 63.3 Å². The molecule has 15 rings (SSSR count). The number of cyclic esters (lactones) is 3. The Kier molecular flexibility index (Phi) is 34.7. The number of halogens is 7. The van der Waals surface area contributed by atoms with Gasteiger partial charge in [0.25, 0.3) is 17.7 Å². The van der Waals surface area contributed by atoms with Gasteiger partial charge in [0.1, 0.15) is 6.61 Å². The van der Waals surface area contributed by atoms with Crippen LogP contribution in [0.2, 0.25) is 0 Å². The molecule has 6 saturated carbocycles. The molecule has 6 aliphatic heterocycles. The molecule has 3 aromatic carbocycles. The number of nitrogens with two attached hydrogens (primary N) is 1. The normalized spacial score (nSPS) is 33.2. The second-order valence-corrected chi connectivity index (χ2v) is 36.2. The number of rotatable bonds is 13. The number of alkyl carbamates (subject to hydrolysis) is 1. The maximum Gasteiger partial charge on any atom is 1.00 e. The summed E-state index contributed by atoms with van der Waals surface area (Å²) >= 11 is 3.63. The average molecular weight is 1780 g/mol. The molecule has 6 saturated heterocycles. The number of fused-ring (bicyclic) bond motifs is 9. The van der Waals surface area contributed by atoms with Crippen LogP contribution >= 0.6 is 15.9 Å². The van der Waals surface area contributed by atoms with Crippen LogP contribution in [0.25, 0.3) is 0 Å². The van der Waals surface area contributed by atoms with Crippen LogP contribution in [0.4, 0.5) is 40.7 Å². The van der Waals surface area contributed by atoms with Gasteiger partial charge in [0.2, 0.25) is 5.91 Å². The molecular formula is C88H116BrF6KN4O20. The Labute approximate surface area is 749 Å². The van der Waals surface area contributed by atoms with Gasteiger partial charge in [0.15, 0.2) is 73.6 Å². The van der Waals surface area contributed by atoms with Crippen LogP contribution in [-0.4, -0.2) is 158 Å². The van der Waals surface area contributed by atoms with Crippen molar-refractivity contribution in [3.8, 4) is 0 Å². The van der Waals surface area contributed by atoms with E-state index in [4.69, 9.17) is 43.0 Å². The minimum atomic E-state index is -0.914. The molecule has 3 unspecified atom stereocenters. The van der Waals surface area contributed by atoms with E-state index in [1.807, 2.05) is 5.32 Å². The van der Waals surface area contributed by atoms with Gasteiger partial charge >= 0.3 is 75.6 Å². The SMILES string of the molecule is C=C1CCC2[C@]3(C)CO[C@@H](c4ccc(F)c(F)c4)O[C@@H]3CC[C@@]2(C)[C@@H]1CCBr.C=C1CCC2[C@]3(C)CO[C@@H](c4ccc(F)c(F)c4)O[C@@H]3CC[C@@]2(C)[C@@H]1CCN1C(=O)COC1=O.C=C1CCC2[C@]3(C)CO[C@@H](c4ccc(F)c(F)c4)O[C@@H]3CC[C@@]2(C)[C@@H]1CCN1C(=O)COC1=O.CC(C)(C)[O-].CCOC(C)=O.NC(=O)CO.O=C1COC(=O)N1.[K+]. The number of benzene rings is 3. The quantitative estimate of drug-likeness (QED) is 0.0357. The van der Waals surface area contributed by atoms with Crippen LogP contribution in [-0.2, 0) is 71.3 Å². The number of alkyl halides is 1. The van der Waals surface area contributed by atoms with Gasteiger partial charge in [-0.05, 0) is 191 Å². The molecule has 0 aromatic heterocycles. The maximum atomic E-state index is 13.8. The number of hydrogen-bond acceptors (Lipinski definition) is 20. The number of aliphatic hydroxyl groups is 1. The zero-order valence-electron chi connectivity index (χ0n) is 71.0. The predicted molar refractivity (Wildman–Crippen MR) is 424 cm³/mol. The molecule has 18 atom stereocenters. The Balaban J connectivity index is 0.000000197. The minimum Gasteiger partial charge on any atom is -0.850 e. The summed E-state index contributed by atoms with van der Waals surface area (Å²) in [6.07, 6.45) is 9.83. The van der Waals surface area contributed by atoms with Crippen molar-refractivity contribution in [1.29, 1.82) is 0 Å². The number of carbonyl (C=O) groups excluding carboxylic acids is 8. The first-order valence-corrected chi connectivity index (χ1v) is 41.9. The number of imide groups is 3. The van der Waals surface area contributed by atoms with Crippen molar-refractivity contribution in [2.45, 2.75) is 215 Å². The summed E-state index contributed by atoms with van der Waals surface area (Å²) in [4.78, 5) is 89.3. The zero-order chi connectivity index (χ0) is 87.7. The van der Waals surface area contributed by atoms with Crippen molar-refractivity contribution in [2.75, 3.05) is 71.3 Å². The molecule has 4 N–H and O–H groups in total. The third-order valence-corrected chi connectivity index (χ3v) is 27.0. The van der Waals surface area contributed by atoms with E-state index in [9.17, 15) is 69.8 Å². The van der Waals surface area contributed by atoms with E-state index in [1.54, 1.807) is 33.8 Å². The predicted octanol–water partition coefficient (Wildman–Crippen LogP) is 12.3. The molecule has 12 fully saturated rings. The Morgan fingerprint density at radius 2 is 0.867 bits per heavy atom. The Morgan fingerprint density at radius 1 is 0.550 bits per heavy atom. The van der Waals surface area contributed by atoms with Crippen LogP contribution in [0.1, 0.15) is 208 Å². The van der Waals surface area contributed by atoms with Crippen molar-refractivity contribution in [2.24, 2.45) is 73.7 Å². The first-order chi connectivity index (χ1) is 55.9. The Morgan fingerprint density at radius 3 is 1.09 bits per heavy atom. The number of nitrogens with zero attached hydrogens (tertiary/aromatic N) is 2. The minimum absolute atomic E-state index is 0. The standard InChI is InChI=1S/2C26H31F2NO5.C23H29BrF2O2.C4H8O2.C4H9O.C3H3NO3.C2H5NO2.K/c2*1-15-4-7-20-25(2,17(15)9-11-29-22(30)13-32-24(29)31)10-8-21-26(20,3)14-33-23(34-21)16-5-6-18(27)19(28)12-16;1-14-4-7-19-22(2,16(14)9-11-24)10-8-20-23(19,3)13-27-21(28-20)15-5-6-17(25)18(26)12-15;1-3-6-4(2)5;1-4(2,3)5;5-2-1-7-3(6)4-2;3-2(5)1-4;/h2*5-6,12,17,20-21,23H,1,4,7-11,13-14H2,2-3H3;5-6,12,16,19-21H,1,4,7-11,13H2,2-3H3;3H2,1-2H3;1-3H3;1H2,(H,4,5,6);4H,1H2,(H2,3,5);/q;;;;-1;;;+1/t2*17-,20?,21-,23-,25+,26+;16-,19?,20-,21-,22+,23+;;;;;/m111...../s1. The smallest absolute Gasteiger partial charge is 0.850 e. The molecule has 0 bridgehead atoms. The summed E-state index contributed by atoms with van der Waals surface area (Å²) in [5, 5.41) is 20.7. The summed E-state index contributed by atoms with van der Waals surface area (Å²) in [7, 11) is 0. The molecule has 3 aromatic rings. The maximum absolute atomic E-state index is 13.8. The van der Waals surface area contributed by atoms with Gasteiger partial charge in [-0.3, -0.25) is 29.3 Å². The van der Waals surface area contributed by atoms with Crippen LogP contribution in [0.3, 0.4) is 0 Å². The second-order valence-electron chi connectivity index (χ2n) is 35.4. The van der Waals surface area contributed by atoms with Gasteiger partial charge in [0.05, 0.1) is 44.7 Å². The third kappa shape index (κ3) is 23.0. The fraction of sp³-hybridized carbons (Fsp3) is 0.636. The summed E-state index contributed by atoms with van der Waals surface area (Å²) in [6, 6.07) is 11.4. The van der Waals surface area contributed by atoms with Gasteiger partial charge in [-0.1, -0.05) is 133 Å². The number of allylic oxidation sites excluding steroid dienone is 3. The van der Waals surface area contributed by atoms with E-state index in [0.29, 0.717) is 92.7 Å². The largest absolute Gasteiger partial charge is 1.00 e. The summed E-state index contributed by atoms with van der Waals surface area (Å²) < 4.78 is 137. The fourth-order valence-electron chi connectivity index (χ4n) is 20.9. The molecule has 6 aliphatic carbocycles. The number of hydrogen-bond donors (Lipinski definition) is 3. The summed E-state index contributed by atoms with van der Waals surface area (Å²) in [5.74, 6) is -5.25. The number of primary amides is 1. The van der Waals surface area contributed by atoms with E-state index in [2.05, 4.69) is 92.4 Å². The number of esters is 1. The molecule has 658 valence electrons. The van der Waals surface area contributed by atoms with Gasteiger partial charge in [-0.25, -0.2) is 50.5 Å². The number of aliphatic hydroxyl groups excluding tert-OH is 1. The van der Waals surface area contributed by atoms with E-state index in [1.165, 1.54) is 40.5 Å². The molecule has 6 heterocycles. The number of carbonyl (C=O) groups is 8. The first-order valence-electron chi connectivity index (χ1n) is 40.8. The van der Waals surface area contributed by atoms with E-state index in [-0.39, 0.29) is 158 Å². The van der Waals surface area contributed by atoms with Crippen LogP contribution in [0.15, 0.2) is 91.1 Å². The molecule has 12 aliphatic rings. The summed E-state index contributed by atoms with van der Waals surface area (Å²) in [5.41, 5.74) is 8.36. The van der Waals surface area contributed by atoms with E-state index in [0.717, 1.165) is 130 Å². The molecule has 24 nitrogen and oxygen atoms in total. The van der Waals surface area contributed by atoms with Crippen LogP contribution < -0.4 is 67.5 Å². The van der Waals surface area contributed by atoms with Crippen molar-refractivity contribution in [3.63, 3.8) is 0 Å². The second kappa shape index (κ2) is 41.9. The molecule has 120 heavy (non-hydrogen) atoms. The molecular weight excluding hydrogens is 1670 g/mol. The summed E-state index contributed by atoms with van der Waals surface area (Å²) in [6.45, 7) is 36.5. The van der Waals surface area contributed by atoms with Crippen molar-refractivity contribution < 1.29 is 174 Å². The first kappa shape index (κ1) is 99.4. The van der Waals surface area contributed by atoms with Gasteiger partial charge in [-0.2, -0.15) is 0 Å². The number of amides is 7. The molecule has 0 spiro atoms. The molecule has 32 heteroatoms. The van der Waals surface area contributed by atoms with Gasteiger partial charge in [0, 0.05) is 58.3 Å². The topological polar surface area (TPSA) is 317 Å². The van der Waals surface area contributed by atoms with E-state index >= 15 is 0 Å². The number of ether oxygens (including phenoxy) is 10. The van der Waals surface area contributed by atoms with Crippen molar-refractivity contribution in [1.82, 2.24) is 15.1 Å². The Hall–Kier alpha value is -5.98. The van der Waals surface area contributed by atoms with E-state index < -0.39 is 90.2 Å². The van der Waals surface area contributed by atoms with Crippen molar-refractivity contribution >= 4 is 63.8 Å². The van der Waals surface area contributed by atoms with Crippen LogP contribution in [0.5, 0.6) is 0 Å². The Bertz CT molecular complexity index is 4030. The number of nitrogens with one attached hydrogen (secondary N) is 1. The zero-order valence-corrected chi connectivity index (χ0v) is 75.7. The molecule has 0 radical (unpaired) electrons. The third-order valence-electron chi connectivity index (χ3n) is 26.5. The van der Waals surface area contributed by atoms with Gasteiger partial charge in [-0.15, -0.1) is 5.60 Å².